The molecule has 130 valence electrons. The van der Waals surface area contributed by atoms with Crippen molar-refractivity contribution in [3.8, 4) is 0 Å². The molecule has 1 aliphatic carbocycles. The lowest BCUT2D eigenvalue weighted by Crippen LogP contribution is -2.46. The minimum atomic E-state index is -0.756. The summed E-state index contributed by atoms with van der Waals surface area (Å²) in [5.74, 6) is -1.19. The van der Waals surface area contributed by atoms with Crippen LogP contribution in [-0.4, -0.2) is 40.8 Å². The van der Waals surface area contributed by atoms with E-state index in [1.165, 1.54) is 0 Å². The average Bonchev–Trinajstić information content (AvgIpc) is 2.82. The molecule has 3 rings (SSSR count). The summed E-state index contributed by atoms with van der Waals surface area (Å²) < 4.78 is 5.45. The summed E-state index contributed by atoms with van der Waals surface area (Å²) in [6.45, 7) is 6.80. The lowest BCUT2D eigenvalue weighted by molar-refractivity contribution is -0.139. The molecule has 0 aromatic heterocycles. The van der Waals surface area contributed by atoms with Gasteiger partial charge in [0.2, 0.25) is 0 Å². The number of rotatable bonds is 1. The Bertz CT molecular complexity index is 654. The SMILES string of the molecule is CC(C)(C)OC(=O)N1CCC2(CC1)C[C@@H](C(=O)O)c1ccccc12. The summed E-state index contributed by atoms with van der Waals surface area (Å²) >= 11 is 0. The Hall–Kier alpha value is -2.04. The first-order valence-corrected chi connectivity index (χ1v) is 8.52. The van der Waals surface area contributed by atoms with Crippen molar-refractivity contribution in [2.45, 2.75) is 57.0 Å². The maximum atomic E-state index is 12.2. The van der Waals surface area contributed by atoms with Gasteiger partial charge in [0.15, 0.2) is 0 Å². The number of benzene rings is 1. The largest absolute Gasteiger partial charge is 0.481 e. The molecule has 0 bridgehead atoms. The molecule has 1 amide bonds. The third kappa shape index (κ3) is 2.99. The van der Waals surface area contributed by atoms with Gasteiger partial charge in [0, 0.05) is 18.5 Å². The molecular formula is C19H25NO4. The first-order valence-electron chi connectivity index (χ1n) is 8.52. The fraction of sp³-hybridized carbons (Fsp3) is 0.579. The van der Waals surface area contributed by atoms with Gasteiger partial charge in [-0.1, -0.05) is 24.3 Å². The van der Waals surface area contributed by atoms with E-state index in [9.17, 15) is 14.7 Å². The second kappa shape index (κ2) is 5.80. The number of carbonyl (C=O) groups excluding carboxylic acids is 1. The Morgan fingerprint density at radius 3 is 2.42 bits per heavy atom. The number of carbonyl (C=O) groups is 2. The van der Waals surface area contributed by atoms with Gasteiger partial charge in [-0.3, -0.25) is 4.79 Å². The normalized spacial score (nSPS) is 22.3. The predicted molar refractivity (Wildman–Crippen MR) is 90.2 cm³/mol. The highest BCUT2D eigenvalue weighted by molar-refractivity contribution is 5.79. The van der Waals surface area contributed by atoms with E-state index in [2.05, 4.69) is 6.07 Å². The molecule has 2 aliphatic rings. The number of piperidine rings is 1. The van der Waals surface area contributed by atoms with Crippen LogP contribution < -0.4 is 0 Å². The number of ether oxygens (including phenoxy) is 1. The monoisotopic (exact) mass is 331 g/mol. The first-order chi connectivity index (χ1) is 11.2. The number of carboxylic acid groups (broad SMARTS) is 1. The van der Waals surface area contributed by atoms with Crippen LogP contribution in [0.4, 0.5) is 4.79 Å². The molecule has 1 aliphatic heterocycles. The summed E-state index contributed by atoms with van der Waals surface area (Å²) in [6, 6.07) is 7.87. The molecule has 1 fully saturated rings. The van der Waals surface area contributed by atoms with Gasteiger partial charge in [-0.15, -0.1) is 0 Å². The van der Waals surface area contributed by atoms with Crippen molar-refractivity contribution in [2.24, 2.45) is 0 Å². The zero-order valence-corrected chi connectivity index (χ0v) is 14.5. The highest BCUT2D eigenvalue weighted by Crippen LogP contribution is 2.51. The van der Waals surface area contributed by atoms with Crippen LogP contribution in [0.5, 0.6) is 0 Å². The molecule has 1 saturated heterocycles. The highest BCUT2D eigenvalue weighted by Gasteiger charge is 2.48. The van der Waals surface area contributed by atoms with E-state index in [1.54, 1.807) is 4.90 Å². The van der Waals surface area contributed by atoms with E-state index >= 15 is 0 Å². The summed E-state index contributed by atoms with van der Waals surface area (Å²) in [5.41, 5.74) is 1.47. The van der Waals surface area contributed by atoms with Crippen LogP contribution in [0.25, 0.3) is 0 Å². The maximum Gasteiger partial charge on any atom is 0.410 e. The fourth-order valence-corrected chi connectivity index (χ4v) is 4.03. The molecule has 0 radical (unpaired) electrons. The predicted octanol–water partition coefficient (Wildman–Crippen LogP) is 3.53. The lowest BCUT2D eigenvalue weighted by atomic mass is 9.73. The lowest BCUT2D eigenvalue weighted by Gasteiger charge is -2.40. The molecule has 5 heteroatoms. The zero-order chi connectivity index (χ0) is 17.5. The van der Waals surface area contributed by atoms with Gasteiger partial charge in [0.1, 0.15) is 5.60 Å². The van der Waals surface area contributed by atoms with Crippen molar-refractivity contribution >= 4 is 12.1 Å². The number of carboxylic acids is 1. The molecular weight excluding hydrogens is 306 g/mol. The minimum Gasteiger partial charge on any atom is -0.481 e. The molecule has 1 spiro atoms. The quantitative estimate of drug-likeness (QED) is 0.855. The molecule has 1 heterocycles. The highest BCUT2D eigenvalue weighted by atomic mass is 16.6. The summed E-state index contributed by atoms with van der Waals surface area (Å²) in [6.07, 6.45) is 1.92. The average molecular weight is 331 g/mol. The fourth-order valence-electron chi connectivity index (χ4n) is 4.03. The van der Waals surface area contributed by atoms with E-state index in [-0.39, 0.29) is 11.5 Å². The number of amides is 1. The number of hydrogen-bond donors (Lipinski definition) is 1. The second-order valence-electron chi connectivity index (χ2n) is 7.93. The number of fused-ring (bicyclic) bond motifs is 2. The minimum absolute atomic E-state index is 0.127. The summed E-state index contributed by atoms with van der Waals surface area (Å²) in [7, 11) is 0. The Labute approximate surface area is 142 Å². The van der Waals surface area contributed by atoms with E-state index in [1.807, 2.05) is 39.0 Å². The van der Waals surface area contributed by atoms with Crippen LogP contribution >= 0.6 is 0 Å². The molecule has 24 heavy (non-hydrogen) atoms. The standard InChI is InChI=1S/C19H25NO4/c1-18(2,3)24-17(23)20-10-8-19(9-11-20)12-14(16(21)22)13-6-4-5-7-15(13)19/h4-7,14H,8-12H2,1-3H3,(H,21,22)/t14-/m1/s1. The van der Waals surface area contributed by atoms with E-state index in [4.69, 9.17) is 4.74 Å². The van der Waals surface area contributed by atoms with Crippen LogP contribution in [0, 0.1) is 0 Å². The molecule has 1 N–H and O–H groups in total. The number of nitrogens with zero attached hydrogens (tertiary/aromatic N) is 1. The Kier molecular flexibility index (Phi) is 4.06. The van der Waals surface area contributed by atoms with Crippen LogP contribution in [0.1, 0.15) is 57.1 Å². The van der Waals surface area contributed by atoms with Gasteiger partial charge in [0.25, 0.3) is 0 Å². The van der Waals surface area contributed by atoms with Gasteiger partial charge >= 0.3 is 12.1 Å². The summed E-state index contributed by atoms with van der Waals surface area (Å²) in [4.78, 5) is 25.6. The Morgan fingerprint density at radius 1 is 1.21 bits per heavy atom. The van der Waals surface area contributed by atoms with Crippen molar-refractivity contribution < 1.29 is 19.4 Å². The van der Waals surface area contributed by atoms with Gasteiger partial charge in [0.05, 0.1) is 5.92 Å². The number of likely N-dealkylation sites (tertiary alicyclic amines) is 1. The zero-order valence-electron chi connectivity index (χ0n) is 14.5. The van der Waals surface area contributed by atoms with Crippen LogP contribution in [0.15, 0.2) is 24.3 Å². The van der Waals surface area contributed by atoms with Crippen LogP contribution in [-0.2, 0) is 14.9 Å². The van der Waals surface area contributed by atoms with Crippen molar-refractivity contribution in [3.63, 3.8) is 0 Å². The topological polar surface area (TPSA) is 66.8 Å². The third-order valence-electron chi connectivity index (χ3n) is 5.17. The third-order valence-corrected chi connectivity index (χ3v) is 5.17. The molecule has 0 saturated carbocycles. The Balaban J connectivity index is 1.76. The van der Waals surface area contributed by atoms with E-state index in [0.717, 1.165) is 24.0 Å². The Morgan fingerprint density at radius 2 is 1.83 bits per heavy atom. The van der Waals surface area contributed by atoms with Crippen molar-refractivity contribution in [2.75, 3.05) is 13.1 Å². The summed E-state index contributed by atoms with van der Waals surface area (Å²) in [5, 5.41) is 9.56. The van der Waals surface area contributed by atoms with Gasteiger partial charge in [-0.2, -0.15) is 0 Å². The maximum absolute atomic E-state index is 12.2. The molecule has 1 aromatic carbocycles. The number of hydrogen-bond acceptors (Lipinski definition) is 3. The van der Waals surface area contributed by atoms with Gasteiger partial charge in [-0.25, -0.2) is 4.79 Å². The van der Waals surface area contributed by atoms with E-state index < -0.39 is 17.5 Å². The smallest absolute Gasteiger partial charge is 0.410 e. The molecule has 0 unspecified atom stereocenters. The van der Waals surface area contributed by atoms with Crippen molar-refractivity contribution in [1.82, 2.24) is 4.90 Å². The van der Waals surface area contributed by atoms with E-state index in [0.29, 0.717) is 19.5 Å². The first kappa shape index (κ1) is 16.8. The van der Waals surface area contributed by atoms with Crippen LogP contribution in [0.2, 0.25) is 0 Å². The molecule has 5 nitrogen and oxygen atoms in total. The van der Waals surface area contributed by atoms with Gasteiger partial charge in [-0.05, 0) is 51.2 Å². The van der Waals surface area contributed by atoms with Crippen LogP contribution in [0.3, 0.4) is 0 Å². The van der Waals surface area contributed by atoms with Crippen molar-refractivity contribution in [3.05, 3.63) is 35.4 Å². The van der Waals surface area contributed by atoms with Crippen molar-refractivity contribution in [1.29, 1.82) is 0 Å². The second-order valence-corrected chi connectivity index (χ2v) is 7.93. The molecule has 1 atom stereocenters. The molecule has 1 aromatic rings. The number of aliphatic carboxylic acids is 1. The van der Waals surface area contributed by atoms with Gasteiger partial charge < -0.3 is 14.7 Å².